The molecule has 0 saturated carbocycles. The van der Waals surface area contributed by atoms with Crippen molar-refractivity contribution in [1.82, 2.24) is 10.2 Å². The first-order chi connectivity index (χ1) is 8.17. The molecule has 1 rings (SSSR count). The Morgan fingerprint density at radius 1 is 1.41 bits per heavy atom. The van der Waals surface area contributed by atoms with Gasteiger partial charge in [-0.2, -0.15) is 0 Å². The van der Waals surface area contributed by atoms with E-state index in [9.17, 15) is 4.79 Å². The van der Waals surface area contributed by atoms with Crippen molar-refractivity contribution >= 4 is 6.03 Å². The summed E-state index contributed by atoms with van der Waals surface area (Å²) in [5.41, 5.74) is 2.28. The highest BCUT2D eigenvalue weighted by Gasteiger charge is 2.11. The van der Waals surface area contributed by atoms with Crippen molar-refractivity contribution in [1.29, 1.82) is 0 Å². The number of amides is 2. The van der Waals surface area contributed by atoms with Gasteiger partial charge in [-0.1, -0.05) is 35.7 Å². The van der Waals surface area contributed by atoms with Gasteiger partial charge < -0.3 is 10.2 Å². The Kier molecular flexibility index (Phi) is 5.09. The highest BCUT2D eigenvalue weighted by atomic mass is 16.2. The van der Waals surface area contributed by atoms with Crippen LogP contribution < -0.4 is 5.32 Å². The van der Waals surface area contributed by atoms with Crippen LogP contribution in [0.5, 0.6) is 0 Å². The number of carbonyl (C=O) groups is 1. The van der Waals surface area contributed by atoms with Gasteiger partial charge >= 0.3 is 6.03 Å². The average molecular weight is 230 g/mol. The third kappa shape index (κ3) is 4.20. The number of terminal acetylenes is 1. The second-order valence-electron chi connectivity index (χ2n) is 3.88. The van der Waals surface area contributed by atoms with Crippen molar-refractivity contribution in [3.63, 3.8) is 0 Å². The number of carbonyl (C=O) groups excluding carboxylic acids is 1. The lowest BCUT2D eigenvalue weighted by Crippen LogP contribution is -2.39. The van der Waals surface area contributed by atoms with Gasteiger partial charge in [0, 0.05) is 13.1 Å². The molecule has 0 spiro atoms. The molecule has 0 radical (unpaired) electrons. The summed E-state index contributed by atoms with van der Waals surface area (Å²) in [5, 5.41) is 2.75. The van der Waals surface area contributed by atoms with Crippen LogP contribution in [-0.4, -0.2) is 24.0 Å². The predicted molar refractivity (Wildman–Crippen MR) is 69.5 cm³/mol. The molecule has 0 aliphatic rings. The van der Waals surface area contributed by atoms with E-state index in [0.29, 0.717) is 19.6 Å². The molecule has 1 aromatic carbocycles. The molecule has 0 unspecified atom stereocenters. The van der Waals surface area contributed by atoms with Crippen molar-refractivity contribution in [2.75, 3.05) is 13.1 Å². The van der Waals surface area contributed by atoms with Crippen molar-refractivity contribution in [2.45, 2.75) is 20.4 Å². The number of nitrogens with one attached hydrogen (secondary N) is 1. The van der Waals surface area contributed by atoms with Gasteiger partial charge in [-0.25, -0.2) is 4.79 Å². The first-order valence-corrected chi connectivity index (χ1v) is 5.69. The van der Waals surface area contributed by atoms with Crippen LogP contribution in [0.1, 0.15) is 18.1 Å². The summed E-state index contributed by atoms with van der Waals surface area (Å²) in [6.07, 6.45) is 5.27. The van der Waals surface area contributed by atoms with E-state index >= 15 is 0 Å². The maximum atomic E-state index is 11.7. The summed E-state index contributed by atoms with van der Waals surface area (Å²) in [7, 11) is 0. The molecule has 0 fully saturated rings. The minimum Gasteiger partial charge on any atom is -0.338 e. The van der Waals surface area contributed by atoms with E-state index in [4.69, 9.17) is 6.42 Å². The Balaban J connectivity index is 2.69. The van der Waals surface area contributed by atoms with Crippen LogP contribution >= 0.6 is 0 Å². The van der Waals surface area contributed by atoms with Crippen molar-refractivity contribution in [2.24, 2.45) is 0 Å². The topological polar surface area (TPSA) is 32.3 Å². The van der Waals surface area contributed by atoms with Crippen molar-refractivity contribution in [3.8, 4) is 12.3 Å². The molecule has 90 valence electrons. The molecule has 17 heavy (non-hydrogen) atoms. The minimum atomic E-state index is -0.119. The normalized spacial score (nSPS) is 9.47. The fourth-order valence-electron chi connectivity index (χ4n) is 1.49. The van der Waals surface area contributed by atoms with Gasteiger partial charge in [0.25, 0.3) is 0 Å². The highest BCUT2D eigenvalue weighted by molar-refractivity contribution is 5.74. The second kappa shape index (κ2) is 6.59. The SMILES string of the molecule is C#CCN(Cc1ccc(C)cc1)C(=O)NCC. The largest absolute Gasteiger partial charge is 0.338 e. The predicted octanol–water partition coefficient (Wildman–Crippen LogP) is 2.16. The highest BCUT2D eigenvalue weighted by Crippen LogP contribution is 2.06. The lowest BCUT2D eigenvalue weighted by Gasteiger charge is -2.20. The molecule has 0 atom stereocenters. The van der Waals surface area contributed by atoms with Gasteiger partial charge in [0.2, 0.25) is 0 Å². The molecule has 0 aromatic heterocycles. The van der Waals surface area contributed by atoms with Crippen LogP contribution in [0.4, 0.5) is 4.79 Å². The molecule has 0 aliphatic heterocycles. The number of benzene rings is 1. The fraction of sp³-hybridized carbons (Fsp3) is 0.357. The van der Waals surface area contributed by atoms with Gasteiger partial charge in [-0.05, 0) is 19.4 Å². The quantitative estimate of drug-likeness (QED) is 0.790. The van der Waals surface area contributed by atoms with Gasteiger partial charge in [0.1, 0.15) is 0 Å². The summed E-state index contributed by atoms with van der Waals surface area (Å²) in [6.45, 7) is 5.38. The Morgan fingerprint density at radius 2 is 2.06 bits per heavy atom. The second-order valence-corrected chi connectivity index (χ2v) is 3.88. The minimum absolute atomic E-state index is 0.119. The van der Waals surface area contributed by atoms with E-state index in [1.807, 2.05) is 38.1 Å². The molecule has 2 amide bonds. The zero-order chi connectivity index (χ0) is 12.7. The first-order valence-electron chi connectivity index (χ1n) is 5.69. The Morgan fingerprint density at radius 3 is 2.59 bits per heavy atom. The van der Waals surface area contributed by atoms with E-state index in [2.05, 4.69) is 11.2 Å². The zero-order valence-electron chi connectivity index (χ0n) is 10.4. The van der Waals surface area contributed by atoms with E-state index < -0.39 is 0 Å². The Hall–Kier alpha value is -1.95. The summed E-state index contributed by atoms with van der Waals surface area (Å²) in [4.78, 5) is 13.3. The van der Waals surface area contributed by atoms with E-state index in [1.54, 1.807) is 4.90 Å². The lowest BCUT2D eigenvalue weighted by molar-refractivity contribution is 0.202. The molecule has 0 saturated heterocycles. The number of hydrogen-bond acceptors (Lipinski definition) is 1. The van der Waals surface area contributed by atoms with Gasteiger partial charge in [0.05, 0.1) is 6.54 Å². The van der Waals surface area contributed by atoms with E-state index in [0.717, 1.165) is 5.56 Å². The number of hydrogen-bond donors (Lipinski definition) is 1. The maximum Gasteiger partial charge on any atom is 0.318 e. The summed E-state index contributed by atoms with van der Waals surface area (Å²) in [5.74, 6) is 2.50. The van der Waals surface area contributed by atoms with Crippen LogP contribution in [0.2, 0.25) is 0 Å². The Bertz CT molecular complexity index is 403. The number of aryl methyl sites for hydroxylation is 1. The summed E-state index contributed by atoms with van der Waals surface area (Å²) in [6, 6.07) is 7.96. The van der Waals surface area contributed by atoms with E-state index in [1.165, 1.54) is 5.56 Å². The van der Waals surface area contributed by atoms with Gasteiger partial charge in [-0.15, -0.1) is 6.42 Å². The maximum absolute atomic E-state index is 11.7. The van der Waals surface area contributed by atoms with Crippen LogP contribution in [0.25, 0.3) is 0 Å². The number of nitrogens with zero attached hydrogens (tertiary/aromatic N) is 1. The van der Waals surface area contributed by atoms with Crippen LogP contribution in [-0.2, 0) is 6.54 Å². The monoisotopic (exact) mass is 230 g/mol. The molecule has 3 nitrogen and oxygen atoms in total. The zero-order valence-corrected chi connectivity index (χ0v) is 10.4. The van der Waals surface area contributed by atoms with Crippen LogP contribution in [0.15, 0.2) is 24.3 Å². The van der Waals surface area contributed by atoms with Crippen molar-refractivity contribution in [3.05, 3.63) is 35.4 Å². The van der Waals surface area contributed by atoms with Gasteiger partial charge in [0.15, 0.2) is 0 Å². The molecular weight excluding hydrogens is 212 g/mol. The molecular formula is C14H18N2O. The Labute approximate surface area is 103 Å². The molecule has 0 bridgehead atoms. The molecule has 1 N–H and O–H groups in total. The smallest absolute Gasteiger partial charge is 0.318 e. The molecule has 1 aromatic rings. The third-order valence-electron chi connectivity index (χ3n) is 2.39. The first kappa shape index (κ1) is 13.1. The standard InChI is InChI=1S/C14H18N2O/c1-4-10-16(14(17)15-5-2)11-13-8-6-12(3)7-9-13/h1,6-9H,5,10-11H2,2-3H3,(H,15,17). The van der Waals surface area contributed by atoms with Crippen LogP contribution in [0, 0.1) is 19.3 Å². The van der Waals surface area contributed by atoms with Crippen molar-refractivity contribution < 1.29 is 4.79 Å². The van der Waals surface area contributed by atoms with Crippen LogP contribution in [0.3, 0.4) is 0 Å². The summed E-state index contributed by atoms with van der Waals surface area (Å²) >= 11 is 0. The number of urea groups is 1. The molecule has 0 heterocycles. The van der Waals surface area contributed by atoms with E-state index in [-0.39, 0.29) is 6.03 Å². The molecule has 3 heteroatoms. The summed E-state index contributed by atoms with van der Waals surface area (Å²) < 4.78 is 0. The average Bonchev–Trinajstić information content (AvgIpc) is 2.31. The fourth-order valence-corrected chi connectivity index (χ4v) is 1.49. The van der Waals surface area contributed by atoms with Gasteiger partial charge in [-0.3, -0.25) is 0 Å². The third-order valence-corrected chi connectivity index (χ3v) is 2.39. The number of rotatable bonds is 4. The lowest BCUT2D eigenvalue weighted by atomic mass is 10.1. The molecule has 0 aliphatic carbocycles.